The van der Waals surface area contributed by atoms with Crippen LogP contribution in [0.25, 0.3) is 0 Å². The zero-order valence-corrected chi connectivity index (χ0v) is 11.0. The molecular formula is C13H18N2O4. The van der Waals surface area contributed by atoms with Crippen LogP contribution in [-0.2, 0) is 19.1 Å². The van der Waals surface area contributed by atoms with Crippen LogP contribution in [0.1, 0.15) is 19.8 Å². The number of carbonyl (C=O) groups excluding carboxylic acids is 2. The Morgan fingerprint density at radius 3 is 2.63 bits per heavy atom. The lowest BCUT2D eigenvalue weighted by molar-refractivity contribution is -0.173. The van der Waals surface area contributed by atoms with Gasteiger partial charge in [0.1, 0.15) is 12.2 Å². The summed E-state index contributed by atoms with van der Waals surface area (Å²) in [5, 5.41) is 3.24. The summed E-state index contributed by atoms with van der Waals surface area (Å²) in [7, 11) is 0. The largest absolute Gasteiger partial charge is 0.456 e. The molecule has 6 heteroatoms. The molecule has 1 N–H and O–H groups in total. The first kappa shape index (κ1) is 12.6. The van der Waals surface area contributed by atoms with Gasteiger partial charge in [-0.2, -0.15) is 0 Å². The van der Waals surface area contributed by atoms with E-state index < -0.39 is 5.60 Å². The van der Waals surface area contributed by atoms with Crippen LogP contribution in [0, 0.1) is 0 Å². The Kier molecular flexibility index (Phi) is 3.06. The summed E-state index contributed by atoms with van der Waals surface area (Å²) in [6.07, 6.45) is 1.37. The summed E-state index contributed by atoms with van der Waals surface area (Å²) in [6, 6.07) is 0. The summed E-state index contributed by atoms with van der Waals surface area (Å²) in [6.45, 7) is 4.49. The highest BCUT2D eigenvalue weighted by Gasteiger charge is 2.47. The van der Waals surface area contributed by atoms with E-state index in [1.807, 2.05) is 0 Å². The predicted molar refractivity (Wildman–Crippen MR) is 66.2 cm³/mol. The van der Waals surface area contributed by atoms with E-state index in [4.69, 9.17) is 9.47 Å². The van der Waals surface area contributed by atoms with Gasteiger partial charge < -0.3 is 19.7 Å². The first-order chi connectivity index (χ1) is 9.14. The van der Waals surface area contributed by atoms with Gasteiger partial charge in [0, 0.05) is 6.54 Å². The number of nitrogens with one attached hydrogen (secondary N) is 1. The lowest BCUT2D eigenvalue weighted by Gasteiger charge is -2.44. The minimum Gasteiger partial charge on any atom is -0.456 e. The highest BCUT2D eigenvalue weighted by atomic mass is 16.5. The smallest absolute Gasteiger partial charge is 0.336 e. The van der Waals surface area contributed by atoms with E-state index in [1.165, 1.54) is 0 Å². The van der Waals surface area contributed by atoms with Crippen LogP contribution in [0.15, 0.2) is 11.3 Å². The van der Waals surface area contributed by atoms with Crippen LogP contribution in [0.3, 0.4) is 0 Å². The Balaban J connectivity index is 1.87. The molecule has 1 amide bonds. The zero-order valence-electron chi connectivity index (χ0n) is 11.0. The molecule has 0 atom stereocenters. The molecule has 2 saturated heterocycles. The van der Waals surface area contributed by atoms with Gasteiger partial charge in [0.2, 0.25) is 0 Å². The monoisotopic (exact) mass is 266 g/mol. The molecule has 0 radical (unpaired) electrons. The molecule has 0 aliphatic carbocycles. The molecule has 0 aromatic heterocycles. The van der Waals surface area contributed by atoms with E-state index in [2.05, 4.69) is 5.32 Å². The number of piperidine rings is 1. The van der Waals surface area contributed by atoms with Crippen LogP contribution in [0.2, 0.25) is 0 Å². The molecule has 0 bridgehead atoms. The molecule has 1 spiro atoms. The number of nitrogens with zero attached hydrogens (tertiary/aromatic N) is 1. The fraction of sp³-hybridized carbons (Fsp3) is 0.692. The van der Waals surface area contributed by atoms with Crippen molar-refractivity contribution < 1.29 is 19.1 Å². The number of morpholine rings is 1. The average Bonchev–Trinajstić information content (AvgIpc) is 2.75. The molecule has 19 heavy (non-hydrogen) atoms. The first-order valence-corrected chi connectivity index (χ1v) is 6.68. The number of esters is 1. The molecule has 0 aromatic rings. The van der Waals surface area contributed by atoms with Crippen molar-refractivity contribution in [2.45, 2.75) is 25.4 Å². The molecule has 0 unspecified atom stereocenters. The van der Waals surface area contributed by atoms with E-state index >= 15 is 0 Å². The van der Waals surface area contributed by atoms with Crippen molar-refractivity contribution in [2.75, 3.05) is 32.8 Å². The molecule has 3 aliphatic heterocycles. The fourth-order valence-electron chi connectivity index (χ4n) is 2.94. The second kappa shape index (κ2) is 4.61. The first-order valence-electron chi connectivity index (χ1n) is 6.68. The Morgan fingerprint density at radius 2 is 2.00 bits per heavy atom. The SMILES string of the molecule is CC1=C(N2CCOC3(CCNCC3)C2=O)COC1=O. The summed E-state index contributed by atoms with van der Waals surface area (Å²) < 4.78 is 10.8. The van der Waals surface area contributed by atoms with Crippen LogP contribution in [0.5, 0.6) is 0 Å². The van der Waals surface area contributed by atoms with E-state index in [-0.39, 0.29) is 18.5 Å². The third kappa shape index (κ3) is 1.95. The molecule has 2 fully saturated rings. The topological polar surface area (TPSA) is 67.9 Å². The molecule has 104 valence electrons. The normalized spacial score (nSPS) is 27.1. The zero-order chi connectivity index (χ0) is 13.5. The van der Waals surface area contributed by atoms with E-state index in [1.54, 1.807) is 11.8 Å². The summed E-state index contributed by atoms with van der Waals surface area (Å²) in [4.78, 5) is 25.8. The second-order valence-electron chi connectivity index (χ2n) is 5.20. The third-order valence-corrected chi connectivity index (χ3v) is 4.14. The number of amides is 1. The van der Waals surface area contributed by atoms with Gasteiger partial charge in [-0.05, 0) is 32.9 Å². The van der Waals surface area contributed by atoms with Gasteiger partial charge >= 0.3 is 5.97 Å². The highest BCUT2D eigenvalue weighted by Crippen LogP contribution is 2.32. The summed E-state index contributed by atoms with van der Waals surface area (Å²) in [5.74, 6) is -0.346. The third-order valence-electron chi connectivity index (χ3n) is 4.14. The number of ether oxygens (including phenoxy) is 2. The van der Waals surface area contributed by atoms with Gasteiger partial charge in [0.15, 0.2) is 0 Å². The van der Waals surface area contributed by atoms with Crippen LogP contribution in [-0.4, -0.2) is 55.2 Å². The summed E-state index contributed by atoms with van der Waals surface area (Å²) in [5.41, 5.74) is 0.540. The van der Waals surface area contributed by atoms with E-state index in [0.717, 1.165) is 13.1 Å². The van der Waals surface area contributed by atoms with E-state index in [9.17, 15) is 9.59 Å². The van der Waals surface area contributed by atoms with Crippen molar-refractivity contribution in [2.24, 2.45) is 0 Å². The molecule has 3 heterocycles. The minimum absolute atomic E-state index is 0.0205. The molecule has 3 rings (SSSR count). The van der Waals surface area contributed by atoms with Crippen LogP contribution in [0.4, 0.5) is 0 Å². The maximum atomic E-state index is 12.7. The minimum atomic E-state index is -0.706. The number of hydrogen-bond donors (Lipinski definition) is 1. The van der Waals surface area contributed by atoms with Crippen LogP contribution >= 0.6 is 0 Å². The van der Waals surface area contributed by atoms with Crippen LogP contribution < -0.4 is 5.32 Å². The standard InChI is InChI=1S/C13H18N2O4/c1-9-10(8-18-11(9)16)15-6-7-19-13(12(15)17)2-4-14-5-3-13/h14H,2-8H2,1H3. The van der Waals surface area contributed by atoms with Gasteiger partial charge in [0.05, 0.1) is 17.9 Å². The van der Waals surface area contributed by atoms with Gasteiger partial charge in [-0.1, -0.05) is 0 Å². The summed E-state index contributed by atoms with van der Waals surface area (Å²) >= 11 is 0. The average molecular weight is 266 g/mol. The molecule has 0 aromatic carbocycles. The van der Waals surface area contributed by atoms with Gasteiger partial charge in [-0.15, -0.1) is 0 Å². The maximum absolute atomic E-state index is 12.7. The number of cyclic esters (lactones) is 1. The van der Waals surface area contributed by atoms with Crippen molar-refractivity contribution in [3.05, 3.63) is 11.3 Å². The molecule has 0 saturated carbocycles. The Hall–Kier alpha value is -1.40. The fourth-order valence-corrected chi connectivity index (χ4v) is 2.94. The number of carbonyl (C=O) groups is 2. The van der Waals surface area contributed by atoms with Gasteiger partial charge in [-0.25, -0.2) is 4.79 Å². The molecule has 6 nitrogen and oxygen atoms in total. The quantitative estimate of drug-likeness (QED) is 0.666. The van der Waals surface area contributed by atoms with Crippen molar-refractivity contribution >= 4 is 11.9 Å². The van der Waals surface area contributed by atoms with Gasteiger partial charge in [-0.3, -0.25) is 4.79 Å². The second-order valence-corrected chi connectivity index (χ2v) is 5.20. The van der Waals surface area contributed by atoms with Gasteiger partial charge in [0.25, 0.3) is 5.91 Å². The van der Waals surface area contributed by atoms with Crippen molar-refractivity contribution in [3.8, 4) is 0 Å². The lowest BCUT2D eigenvalue weighted by Crippen LogP contribution is -2.60. The van der Waals surface area contributed by atoms with Crippen molar-refractivity contribution in [1.82, 2.24) is 10.2 Å². The number of hydrogen-bond acceptors (Lipinski definition) is 5. The number of rotatable bonds is 1. The lowest BCUT2D eigenvalue weighted by atomic mass is 9.89. The van der Waals surface area contributed by atoms with Crippen molar-refractivity contribution in [1.29, 1.82) is 0 Å². The molecular weight excluding hydrogens is 248 g/mol. The Labute approximate surface area is 111 Å². The Morgan fingerprint density at radius 1 is 1.26 bits per heavy atom. The Bertz CT molecular complexity index is 446. The highest BCUT2D eigenvalue weighted by molar-refractivity contribution is 5.94. The maximum Gasteiger partial charge on any atom is 0.336 e. The predicted octanol–water partition coefficient (Wildman–Crippen LogP) is -0.202. The molecule has 3 aliphatic rings. The van der Waals surface area contributed by atoms with Crippen molar-refractivity contribution in [3.63, 3.8) is 0 Å². The van der Waals surface area contributed by atoms with E-state index in [0.29, 0.717) is 37.3 Å².